The van der Waals surface area contributed by atoms with Crippen molar-refractivity contribution in [3.8, 4) is 5.75 Å². The SMILES string of the molecule is CCCCCCCCCCOc1cccc2c(=O)c3ccccc3[nH]c12. The maximum absolute atomic E-state index is 12.7. The van der Waals surface area contributed by atoms with Gasteiger partial charge in [0.15, 0.2) is 5.43 Å². The Morgan fingerprint density at radius 2 is 1.50 bits per heavy atom. The Balaban J connectivity index is 1.59. The van der Waals surface area contributed by atoms with Crippen LogP contribution in [0.25, 0.3) is 21.8 Å². The number of hydrogen-bond donors (Lipinski definition) is 1. The summed E-state index contributed by atoms with van der Waals surface area (Å²) in [6.07, 6.45) is 10.2. The van der Waals surface area contributed by atoms with Gasteiger partial charge in [-0.3, -0.25) is 4.79 Å². The minimum atomic E-state index is 0.0619. The molecule has 3 aromatic rings. The number of H-pyrrole nitrogens is 1. The van der Waals surface area contributed by atoms with Crippen LogP contribution < -0.4 is 10.2 Å². The maximum atomic E-state index is 12.7. The summed E-state index contributed by atoms with van der Waals surface area (Å²) in [4.78, 5) is 16.1. The highest BCUT2D eigenvalue weighted by atomic mass is 16.5. The van der Waals surface area contributed by atoms with Gasteiger partial charge in [0.1, 0.15) is 5.75 Å². The number of nitrogens with one attached hydrogen (secondary N) is 1. The fraction of sp³-hybridized carbons (Fsp3) is 0.435. The smallest absolute Gasteiger partial charge is 0.197 e. The molecule has 0 spiro atoms. The molecule has 0 amide bonds. The van der Waals surface area contributed by atoms with Crippen molar-refractivity contribution in [1.29, 1.82) is 0 Å². The Hall–Kier alpha value is -2.29. The second-order valence-electron chi connectivity index (χ2n) is 7.00. The van der Waals surface area contributed by atoms with Crippen molar-refractivity contribution in [3.63, 3.8) is 0 Å². The molecule has 0 saturated carbocycles. The van der Waals surface area contributed by atoms with Crippen molar-refractivity contribution >= 4 is 21.8 Å². The molecule has 3 rings (SSSR count). The van der Waals surface area contributed by atoms with E-state index in [1.165, 1.54) is 44.9 Å². The largest absolute Gasteiger partial charge is 0.491 e. The van der Waals surface area contributed by atoms with E-state index in [-0.39, 0.29) is 5.43 Å². The van der Waals surface area contributed by atoms with Crippen LogP contribution >= 0.6 is 0 Å². The Morgan fingerprint density at radius 3 is 2.31 bits per heavy atom. The molecule has 1 aromatic heterocycles. The van der Waals surface area contributed by atoms with Crippen LogP contribution in [0.1, 0.15) is 58.3 Å². The second-order valence-corrected chi connectivity index (χ2v) is 7.00. The molecule has 0 aliphatic carbocycles. The molecule has 0 fully saturated rings. The van der Waals surface area contributed by atoms with E-state index < -0.39 is 0 Å². The fourth-order valence-corrected chi connectivity index (χ4v) is 3.46. The molecule has 0 unspecified atom stereocenters. The third kappa shape index (κ3) is 4.46. The lowest BCUT2D eigenvalue weighted by Gasteiger charge is -2.10. The van der Waals surface area contributed by atoms with Crippen molar-refractivity contribution < 1.29 is 4.74 Å². The Bertz CT molecular complexity index is 897. The number of benzene rings is 2. The third-order valence-electron chi connectivity index (χ3n) is 4.96. The quantitative estimate of drug-likeness (QED) is 0.349. The topological polar surface area (TPSA) is 42.1 Å². The zero-order valence-corrected chi connectivity index (χ0v) is 15.7. The molecule has 26 heavy (non-hydrogen) atoms. The van der Waals surface area contributed by atoms with E-state index in [2.05, 4.69) is 11.9 Å². The standard InChI is InChI=1S/C23H29NO2/c1-2-3-4-5-6-7-8-11-17-26-21-16-12-14-19-22(21)24-20-15-10-9-13-18(20)23(19)25/h9-10,12-16H,2-8,11,17H2,1H3,(H,24,25). The average Bonchev–Trinajstić information content (AvgIpc) is 2.67. The first-order valence-corrected chi connectivity index (χ1v) is 9.98. The number of unbranched alkanes of at least 4 members (excludes halogenated alkanes) is 7. The van der Waals surface area contributed by atoms with Crippen molar-refractivity contribution in [2.75, 3.05) is 6.61 Å². The summed E-state index contributed by atoms with van der Waals surface area (Å²) < 4.78 is 6.00. The highest BCUT2D eigenvalue weighted by Crippen LogP contribution is 2.24. The van der Waals surface area contributed by atoms with Gasteiger partial charge in [-0.15, -0.1) is 0 Å². The van der Waals surface area contributed by atoms with Gasteiger partial charge in [-0.05, 0) is 30.7 Å². The van der Waals surface area contributed by atoms with Gasteiger partial charge in [-0.2, -0.15) is 0 Å². The molecule has 1 heterocycles. The van der Waals surface area contributed by atoms with Crippen LogP contribution in [-0.4, -0.2) is 11.6 Å². The summed E-state index contributed by atoms with van der Waals surface area (Å²) in [5.41, 5.74) is 1.72. The van der Waals surface area contributed by atoms with E-state index >= 15 is 0 Å². The van der Waals surface area contributed by atoms with E-state index in [0.29, 0.717) is 12.0 Å². The highest BCUT2D eigenvalue weighted by Gasteiger charge is 2.09. The first-order valence-electron chi connectivity index (χ1n) is 9.98. The number of para-hydroxylation sites is 2. The van der Waals surface area contributed by atoms with Crippen LogP contribution in [0, 0.1) is 0 Å². The van der Waals surface area contributed by atoms with Gasteiger partial charge in [0, 0.05) is 16.3 Å². The number of pyridine rings is 1. The van der Waals surface area contributed by atoms with Gasteiger partial charge in [0.05, 0.1) is 12.1 Å². The van der Waals surface area contributed by atoms with E-state index in [9.17, 15) is 4.79 Å². The summed E-state index contributed by atoms with van der Waals surface area (Å²) in [6.45, 7) is 2.95. The van der Waals surface area contributed by atoms with Crippen LogP contribution in [0.2, 0.25) is 0 Å². The Kier molecular flexibility index (Phi) is 6.70. The van der Waals surface area contributed by atoms with Crippen molar-refractivity contribution in [1.82, 2.24) is 4.98 Å². The van der Waals surface area contributed by atoms with Crippen molar-refractivity contribution in [2.45, 2.75) is 58.3 Å². The van der Waals surface area contributed by atoms with E-state index in [1.54, 1.807) is 0 Å². The lowest BCUT2D eigenvalue weighted by molar-refractivity contribution is 0.307. The van der Waals surface area contributed by atoms with Crippen LogP contribution in [0.5, 0.6) is 5.75 Å². The van der Waals surface area contributed by atoms with Gasteiger partial charge < -0.3 is 9.72 Å². The van der Waals surface area contributed by atoms with Gasteiger partial charge in [0.2, 0.25) is 0 Å². The summed E-state index contributed by atoms with van der Waals surface area (Å²) in [5.74, 6) is 0.772. The molecule has 1 N–H and O–H groups in total. The van der Waals surface area contributed by atoms with Gasteiger partial charge in [-0.1, -0.05) is 70.1 Å². The molecule has 0 aliphatic rings. The zero-order chi connectivity index (χ0) is 18.2. The minimum Gasteiger partial charge on any atom is -0.491 e. The molecular weight excluding hydrogens is 322 g/mol. The second kappa shape index (κ2) is 9.42. The van der Waals surface area contributed by atoms with E-state index in [1.807, 2.05) is 42.5 Å². The summed E-state index contributed by atoms with van der Waals surface area (Å²) in [7, 11) is 0. The number of rotatable bonds is 10. The zero-order valence-electron chi connectivity index (χ0n) is 15.7. The van der Waals surface area contributed by atoms with E-state index in [4.69, 9.17) is 4.74 Å². The number of ether oxygens (including phenoxy) is 1. The predicted molar refractivity (Wildman–Crippen MR) is 110 cm³/mol. The summed E-state index contributed by atoms with van der Waals surface area (Å²) >= 11 is 0. The monoisotopic (exact) mass is 351 g/mol. The molecular formula is C23H29NO2. The number of hydrogen-bond acceptors (Lipinski definition) is 2. The molecule has 3 nitrogen and oxygen atoms in total. The Labute approximate surface area is 155 Å². The lowest BCUT2D eigenvalue weighted by Crippen LogP contribution is -2.06. The fourth-order valence-electron chi connectivity index (χ4n) is 3.46. The number of fused-ring (bicyclic) bond motifs is 2. The molecule has 138 valence electrons. The van der Waals surface area contributed by atoms with E-state index in [0.717, 1.165) is 28.6 Å². The average molecular weight is 351 g/mol. The minimum absolute atomic E-state index is 0.0619. The number of aromatic nitrogens is 1. The lowest BCUT2D eigenvalue weighted by atomic mass is 10.1. The molecule has 0 aliphatic heterocycles. The van der Waals surface area contributed by atoms with Crippen molar-refractivity contribution in [2.24, 2.45) is 0 Å². The molecule has 0 saturated heterocycles. The van der Waals surface area contributed by atoms with Gasteiger partial charge in [-0.25, -0.2) is 0 Å². The van der Waals surface area contributed by atoms with Gasteiger partial charge >= 0.3 is 0 Å². The first-order chi connectivity index (χ1) is 12.8. The van der Waals surface area contributed by atoms with Crippen LogP contribution in [-0.2, 0) is 0 Å². The maximum Gasteiger partial charge on any atom is 0.197 e. The molecule has 0 bridgehead atoms. The first kappa shape index (κ1) is 18.5. The predicted octanol–water partition coefficient (Wildman–Crippen LogP) is 6.20. The molecule has 3 heteroatoms. The van der Waals surface area contributed by atoms with Crippen molar-refractivity contribution in [3.05, 3.63) is 52.7 Å². The summed E-state index contributed by atoms with van der Waals surface area (Å²) in [6, 6.07) is 13.3. The highest BCUT2D eigenvalue weighted by molar-refractivity contribution is 5.95. The molecule has 0 atom stereocenters. The molecule has 2 aromatic carbocycles. The summed E-state index contributed by atoms with van der Waals surface area (Å²) in [5, 5.41) is 1.41. The Morgan fingerprint density at radius 1 is 0.808 bits per heavy atom. The van der Waals surface area contributed by atoms with Crippen LogP contribution in [0.3, 0.4) is 0 Å². The van der Waals surface area contributed by atoms with Crippen LogP contribution in [0.4, 0.5) is 0 Å². The van der Waals surface area contributed by atoms with Gasteiger partial charge in [0.25, 0.3) is 0 Å². The van der Waals surface area contributed by atoms with Crippen LogP contribution in [0.15, 0.2) is 47.3 Å². The normalized spacial score (nSPS) is 11.3. The molecule has 0 radical (unpaired) electrons. The number of aromatic amines is 1. The third-order valence-corrected chi connectivity index (χ3v) is 4.96.